The van der Waals surface area contributed by atoms with Crippen molar-refractivity contribution in [3.05, 3.63) is 95.2 Å². The molecule has 0 aromatic heterocycles. The number of carbonyl (C=O) groups excluding carboxylic acids is 3. The summed E-state index contributed by atoms with van der Waals surface area (Å²) in [6, 6.07) is 21.7. The largest absolute Gasteiger partial charge is 0.350 e. The monoisotopic (exact) mass is 425 g/mol. The summed E-state index contributed by atoms with van der Waals surface area (Å²) in [4.78, 5) is 39.4. The summed E-state index contributed by atoms with van der Waals surface area (Å²) in [5, 5.41) is 5.90. The van der Waals surface area contributed by atoms with Crippen LogP contribution < -0.4 is 15.5 Å². The van der Waals surface area contributed by atoms with Gasteiger partial charge in [0.05, 0.1) is 11.3 Å². The summed E-state index contributed by atoms with van der Waals surface area (Å²) < 4.78 is 0. The van der Waals surface area contributed by atoms with E-state index in [2.05, 4.69) is 10.6 Å². The highest BCUT2D eigenvalue weighted by Gasteiger charge is 2.40. The maximum Gasteiger partial charge on any atom is 0.282 e. The van der Waals surface area contributed by atoms with Crippen molar-refractivity contribution in [2.24, 2.45) is 0 Å². The van der Waals surface area contributed by atoms with E-state index in [9.17, 15) is 14.4 Å². The number of anilines is 3. The van der Waals surface area contributed by atoms with Crippen molar-refractivity contribution >= 4 is 40.4 Å². The quantitative estimate of drug-likeness (QED) is 0.583. The molecule has 1 aliphatic rings. The minimum Gasteiger partial charge on any atom is -0.350 e. The van der Waals surface area contributed by atoms with Gasteiger partial charge in [-0.15, -0.1) is 0 Å². The molecule has 160 valence electrons. The zero-order valence-electron chi connectivity index (χ0n) is 18.1. The van der Waals surface area contributed by atoms with Crippen LogP contribution in [0.25, 0.3) is 5.57 Å². The lowest BCUT2D eigenvalue weighted by Crippen LogP contribution is -2.32. The molecule has 6 heteroatoms. The van der Waals surface area contributed by atoms with Crippen LogP contribution in [-0.2, 0) is 14.4 Å². The Morgan fingerprint density at radius 3 is 2.09 bits per heavy atom. The molecule has 3 aromatic rings. The molecule has 3 amide bonds. The van der Waals surface area contributed by atoms with Gasteiger partial charge in [0.15, 0.2) is 0 Å². The number of benzene rings is 3. The van der Waals surface area contributed by atoms with Gasteiger partial charge in [-0.3, -0.25) is 14.4 Å². The molecule has 0 atom stereocenters. The van der Waals surface area contributed by atoms with E-state index in [4.69, 9.17) is 0 Å². The minimum absolute atomic E-state index is 0.184. The molecule has 3 aromatic carbocycles. The van der Waals surface area contributed by atoms with Crippen LogP contribution in [0, 0.1) is 13.8 Å². The molecule has 4 rings (SSSR count). The molecule has 32 heavy (non-hydrogen) atoms. The highest BCUT2D eigenvalue weighted by Crippen LogP contribution is 2.34. The zero-order valence-corrected chi connectivity index (χ0v) is 18.1. The molecule has 6 nitrogen and oxygen atoms in total. The van der Waals surface area contributed by atoms with Crippen molar-refractivity contribution in [3.63, 3.8) is 0 Å². The molecule has 1 heterocycles. The predicted molar refractivity (Wildman–Crippen MR) is 126 cm³/mol. The van der Waals surface area contributed by atoms with Crippen LogP contribution in [0.4, 0.5) is 17.1 Å². The molecule has 0 aliphatic carbocycles. The van der Waals surface area contributed by atoms with Crippen LogP contribution in [0.15, 0.2) is 78.5 Å². The third-order valence-corrected chi connectivity index (χ3v) is 5.27. The maximum atomic E-state index is 13.5. The third-order valence-electron chi connectivity index (χ3n) is 5.27. The smallest absolute Gasteiger partial charge is 0.282 e. The summed E-state index contributed by atoms with van der Waals surface area (Å²) >= 11 is 0. The fourth-order valence-corrected chi connectivity index (χ4v) is 3.61. The average Bonchev–Trinajstić information content (AvgIpc) is 3.00. The van der Waals surface area contributed by atoms with Gasteiger partial charge in [0.25, 0.3) is 11.8 Å². The summed E-state index contributed by atoms with van der Waals surface area (Å²) in [6.45, 7) is 5.31. The number of hydrogen-bond donors (Lipinski definition) is 2. The molecular weight excluding hydrogens is 402 g/mol. The van der Waals surface area contributed by atoms with Crippen LogP contribution in [-0.4, -0.2) is 17.7 Å². The molecular formula is C26H23N3O3. The van der Waals surface area contributed by atoms with Gasteiger partial charge in [-0.05, 0) is 55.3 Å². The van der Waals surface area contributed by atoms with E-state index in [0.29, 0.717) is 16.9 Å². The van der Waals surface area contributed by atoms with Crippen molar-refractivity contribution < 1.29 is 14.4 Å². The van der Waals surface area contributed by atoms with Gasteiger partial charge in [0.2, 0.25) is 5.91 Å². The molecule has 0 unspecified atom stereocenters. The molecule has 0 saturated heterocycles. The zero-order chi connectivity index (χ0) is 22.8. The van der Waals surface area contributed by atoms with E-state index in [1.165, 1.54) is 11.8 Å². The predicted octanol–water partition coefficient (Wildman–Crippen LogP) is 4.66. The van der Waals surface area contributed by atoms with Gasteiger partial charge in [0, 0.05) is 18.3 Å². The Morgan fingerprint density at radius 2 is 1.47 bits per heavy atom. The lowest BCUT2D eigenvalue weighted by atomic mass is 10.0. The van der Waals surface area contributed by atoms with Gasteiger partial charge in [0.1, 0.15) is 5.70 Å². The van der Waals surface area contributed by atoms with Crippen LogP contribution in [0.2, 0.25) is 0 Å². The number of rotatable bonds is 5. The van der Waals surface area contributed by atoms with Crippen molar-refractivity contribution in [3.8, 4) is 0 Å². The summed E-state index contributed by atoms with van der Waals surface area (Å²) in [6.07, 6.45) is 0. The lowest BCUT2D eigenvalue weighted by Gasteiger charge is -2.16. The Labute approximate surface area is 186 Å². The van der Waals surface area contributed by atoms with E-state index in [0.717, 1.165) is 16.8 Å². The van der Waals surface area contributed by atoms with Crippen molar-refractivity contribution in [2.45, 2.75) is 20.8 Å². The Balaban J connectivity index is 1.79. The SMILES string of the molecule is CC(=O)Nc1ccc(C2=C(Nc3ccccc3C)C(=O)N(c3ccc(C)cc3)C2=O)cc1. The highest BCUT2D eigenvalue weighted by molar-refractivity contribution is 6.46. The number of aryl methyl sites for hydroxylation is 2. The summed E-state index contributed by atoms with van der Waals surface area (Å²) in [5.41, 5.74) is 4.96. The van der Waals surface area contributed by atoms with Crippen LogP contribution in [0.5, 0.6) is 0 Å². The average molecular weight is 425 g/mol. The highest BCUT2D eigenvalue weighted by atomic mass is 16.2. The Morgan fingerprint density at radius 1 is 0.812 bits per heavy atom. The van der Waals surface area contributed by atoms with Crippen LogP contribution in [0.3, 0.4) is 0 Å². The molecule has 0 bridgehead atoms. The van der Waals surface area contributed by atoms with Gasteiger partial charge in [-0.25, -0.2) is 4.90 Å². The second-order valence-electron chi connectivity index (χ2n) is 7.73. The normalized spacial score (nSPS) is 13.5. The first-order valence-corrected chi connectivity index (χ1v) is 10.3. The molecule has 0 radical (unpaired) electrons. The number of carbonyl (C=O) groups is 3. The Kier molecular flexibility index (Phi) is 5.60. The number of amides is 3. The van der Waals surface area contributed by atoms with Crippen molar-refractivity contribution in [2.75, 3.05) is 15.5 Å². The van der Waals surface area contributed by atoms with Crippen LogP contribution >= 0.6 is 0 Å². The van der Waals surface area contributed by atoms with Gasteiger partial charge >= 0.3 is 0 Å². The van der Waals surface area contributed by atoms with Gasteiger partial charge in [-0.2, -0.15) is 0 Å². The van der Waals surface area contributed by atoms with E-state index < -0.39 is 11.8 Å². The summed E-state index contributed by atoms with van der Waals surface area (Å²) in [5.74, 6) is -0.998. The summed E-state index contributed by atoms with van der Waals surface area (Å²) in [7, 11) is 0. The molecule has 1 aliphatic heterocycles. The number of nitrogens with one attached hydrogen (secondary N) is 2. The Hall–Kier alpha value is -4.19. The Bertz CT molecular complexity index is 1240. The second kappa shape index (κ2) is 8.51. The molecule has 0 spiro atoms. The fraction of sp³-hybridized carbons (Fsp3) is 0.115. The number of imide groups is 1. The number of nitrogens with zero attached hydrogens (tertiary/aromatic N) is 1. The van der Waals surface area contributed by atoms with E-state index in [-0.39, 0.29) is 17.2 Å². The van der Waals surface area contributed by atoms with Crippen molar-refractivity contribution in [1.29, 1.82) is 0 Å². The molecule has 0 fully saturated rings. The third kappa shape index (κ3) is 4.03. The maximum absolute atomic E-state index is 13.5. The van der Waals surface area contributed by atoms with Gasteiger partial charge < -0.3 is 10.6 Å². The van der Waals surface area contributed by atoms with Crippen LogP contribution in [0.1, 0.15) is 23.6 Å². The molecule has 0 saturated carbocycles. The first-order valence-electron chi connectivity index (χ1n) is 10.3. The topological polar surface area (TPSA) is 78.5 Å². The standard InChI is InChI=1S/C26H23N3O3/c1-16-8-14-21(15-9-16)29-25(31)23(19-10-12-20(13-11-19)27-18(3)30)24(26(29)32)28-22-7-5-4-6-17(22)2/h4-15,28H,1-3H3,(H,27,30). The second-order valence-corrected chi connectivity index (χ2v) is 7.73. The molecule has 2 N–H and O–H groups in total. The minimum atomic E-state index is -0.414. The number of para-hydroxylation sites is 1. The fourth-order valence-electron chi connectivity index (χ4n) is 3.61. The lowest BCUT2D eigenvalue weighted by molar-refractivity contribution is -0.120. The number of hydrogen-bond acceptors (Lipinski definition) is 4. The van der Waals surface area contributed by atoms with Gasteiger partial charge in [-0.1, -0.05) is 48.0 Å². The van der Waals surface area contributed by atoms with E-state index >= 15 is 0 Å². The van der Waals surface area contributed by atoms with E-state index in [1.54, 1.807) is 36.4 Å². The van der Waals surface area contributed by atoms with Crippen molar-refractivity contribution in [1.82, 2.24) is 0 Å². The first kappa shape index (κ1) is 21.1. The first-order chi connectivity index (χ1) is 15.3. The van der Waals surface area contributed by atoms with E-state index in [1.807, 2.05) is 50.2 Å².